The minimum absolute atomic E-state index is 0.177. The topological polar surface area (TPSA) is 63.9 Å². The average Bonchev–Trinajstić information content (AvgIpc) is 2.99. The molecule has 3 rings (SSSR count). The van der Waals surface area contributed by atoms with Crippen LogP contribution in [0.25, 0.3) is 11.7 Å². The summed E-state index contributed by atoms with van der Waals surface area (Å²) in [5, 5.41) is 0.299. The molecule has 144 valence electrons. The van der Waals surface area contributed by atoms with Crippen LogP contribution in [0.1, 0.15) is 38.3 Å². The third-order valence-electron chi connectivity index (χ3n) is 5.16. The van der Waals surface area contributed by atoms with Crippen LogP contribution in [0.3, 0.4) is 0 Å². The summed E-state index contributed by atoms with van der Waals surface area (Å²) >= 11 is 6.12. The van der Waals surface area contributed by atoms with Crippen LogP contribution in [0.2, 0.25) is 5.15 Å². The summed E-state index contributed by atoms with van der Waals surface area (Å²) in [5.74, 6) is -0.0423. The van der Waals surface area contributed by atoms with Gasteiger partial charge in [-0.3, -0.25) is 9.20 Å². The Hall–Kier alpha value is -2.34. The fourth-order valence-electron chi connectivity index (χ4n) is 3.40. The van der Waals surface area contributed by atoms with E-state index in [1.54, 1.807) is 22.4 Å². The first-order chi connectivity index (χ1) is 13.0. The zero-order valence-corrected chi connectivity index (χ0v) is 16.4. The molecule has 1 aliphatic carbocycles. The highest BCUT2D eigenvalue weighted by Crippen LogP contribution is 2.26. The second kappa shape index (κ2) is 8.57. The molecule has 0 N–H and O–H groups in total. The summed E-state index contributed by atoms with van der Waals surface area (Å²) in [6, 6.07) is 5.76. The van der Waals surface area contributed by atoms with E-state index in [2.05, 4.69) is 11.9 Å². The van der Waals surface area contributed by atoms with Gasteiger partial charge in [0.2, 0.25) is 0 Å². The van der Waals surface area contributed by atoms with E-state index in [1.807, 2.05) is 24.4 Å². The minimum atomic E-state index is -0.587. The van der Waals surface area contributed by atoms with Crippen molar-refractivity contribution < 1.29 is 14.3 Å². The Balaban J connectivity index is 1.54. The average molecular weight is 390 g/mol. The first kappa shape index (κ1) is 19.4. The van der Waals surface area contributed by atoms with E-state index in [0.29, 0.717) is 16.5 Å². The van der Waals surface area contributed by atoms with Crippen LogP contribution in [-0.2, 0) is 14.3 Å². The number of carbonyl (C=O) groups excluding carboxylic acids is 2. The number of nitrogens with zero attached hydrogens (tertiary/aromatic N) is 3. The highest BCUT2D eigenvalue weighted by Gasteiger charge is 2.25. The molecule has 7 heteroatoms. The Bertz CT molecular complexity index is 853. The molecule has 1 fully saturated rings. The maximum absolute atomic E-state index is 12.3. The van der Waals surface area contributed by atoms with Gasteiger partial charge in [0.15, 0.2) is 11.8 Å². The van der Waals surface area contributed by atoms with Crippen molar-refractivity contribution in [2.24, 2.45) is 5.92 Å². The number of hydrogen-bond donors (Lipinski definition) is 0. The van der Waals surface area contributed by atoms with Gasteiger partial charge in [0.25, 0.3) is 5.91 Å². The van der Waals surface area contributed by atoms with E-state index < -0.39 is 5.97 Å². The smallest absolute Gasteiger partial charge is 0.331 e. The lowest BCUT2D eigenvalue weighted by Crippen LogP contribution is -2.41. The Morgan fingerprint density at radius 2 is 2.07 bits per heavy atom. The molecule has 0 atom stereocenters. The zero-order chi connectivity index (χ0) is 19.4. The van der Waals surface area contributed by atoms with Crippen molar-refractivity contribution in [2.75, 3.05) is 13.7 Å². The normalized spacial score (nSPS) is 20.1. The summed E-state index contributed by atoms with van der Waals surface area (Å²) in [6.45, 7) is 1.98. The number of amides is 1. The highest BCUT2D eigenvalue weighted by atomic mass is 35.5. The molecule has 2 aromatic rings. The van der Waals surface area contributed by atoms with Crippen molar-refractivity contribution in [1.29, 1.82) is 0 Å². The number of aromatic nitrogens is 2. The number of fused-ring (bicyclic) bond motifs is 1. The summed E-state index contributed by atoms with van der Waals surface area (Å²) in [7, 11) is 1.78. The molecule has 0 aliphatic heterocycles. The number of pyridine rings is 1. The summed E-state index contributed by atoms with van der Waals surface area (Å²) in [4.78, 5) is 30.2. The molecular weight excluding hydrogens is 366 g/mol. The van der Waals surface area contributed by atoms with Crippen LogP contribution >= 0.6 is 11.6 Å². The van der Waals surface area contributed by atoms with E-state index in [1.165, 1.54) is 6.08 Å². The van der Waals surface area contributed by atoms with Gasteiger partial charge < -0.3 is 9.64 Å². The first-order valence-electron chi connectivity index (χ1n) is 9.18. The van der Waals surface area contributed by atoms with Gasteiger partial charge in [-0.15, -0.1) is 0 Å². The highest BCUT2D eigenvalue weighted by molar-refractivity contribution is 6.31. The molecule has 0 unspecified atom stereocenters. The predicted molar refractivity (Wildman–Crippen MR) is 104 cm³/mol. The van der Waals surface area contributed by atoms with Gasteiger partial charge >= 0.3 is 5.97 Å². The number of carbonyl (C=O) groups is 2. The minimum Gasteiger partial charge on any atom is -0.452 e. The Morgan fingerprint density at radius 1 is 1.33 bits per heavy atom. The molecule has 0 saturated heterocycles. The van der Waals surface area contributed by atoms with E-state index in [-0.39, 0.29) is 18.6 Å². The molecule has 27 heavy (non-hydrogen) atoms. The Morgan fingerprint density at radius 3 is 2.81 bits per heavy atom. The molecule has 0 spiro atoms. The molecule has 0 radical (unpaired) electrons. The second-order valence-electron chi connectivity index (χ2n) is 7.08. The fraction of sp³-hybridized carbons (Fsp3) is 0.450. The van der Waals surface area contributed by atoms with Gasteiger partial charge in [-0.05, 0) is 49.8 Å². The third-order valence-corrected chi connectivity index (χ3v) is 5.44. The maximum Gasteiger partial charge on any atom is 0.331 e. The monoisotopic (exact) mass is 389 g/mol. The van der Waals surface area contributed by atoms with E-state index in [0.717, 1.165) is 31.6 Å². The van der Waals surface area contributed by atoms with E-state index in [4.69, 9.17) is 16.3 Å². The molecular formula is C20H24ClN3O3. The predicted octanol–water partition coefficient (Wildman–Crippen LogP) is 3.58. The number of halogens is 1. The van der Waals surface area contributed by atoms with E-state index >= 15 is 0 Å². The molecule has 2 heterocycles. The number of hydrogen-bond acceptors (Lipinski definition) is 4. The SMILES string of the molecule is CC1CCC(N(C)C(=O)COC(=O)/C=C/c2c(Cl)nc3ccccn23)CC1. The van der Waals surface area contributed by atoms with Crippen molar-refractivity contribution >= 4 is 35.2 Å². The van der Waals surface area contributed by atoms with Gasteiger partial charge in [0.1, 0.15) is 5.65 Å². The van der Waals surface area contributed by atoms with Crippen molar-refractivity contribution in [3.05, 3.63) is 41.3 Å². The fourth-order valence-corrected chi connectivity index (χ4v) is 3.64. The number of imidazole rings is 1. The maximum atomic E-state index is 12.3. The van der Waals surface area contributed by atoms with Crippen LogP contribution in [0.5, 0.6) is 0 Å². The van der Waals surface area contributed by atoms with Crippen LogP contribution in [-0.4, -0.2) is 45.9 Å². The van der Waals surface area contributed by atoms with Gasteiger partial charge in [-0.1, -0.05) is 24.6 Å². The molecule has 2 aromatic heterocycles. The second-order valence-corrected chi connectivity index (χ2v) is 7.43. The summed E-state index contributed by atoms with van der Waals surface area (Å²) in [6.07, 6.45) is 8.88. The molecule has 0 bridgehead atoms. The quantitative estimate of drug-likeness (QED) is 0.579. The standard InChI is InChI=1S/C20H24ClN3O3/c1-14-6-8-15(9-7-14)23(2)18(25)13-27-19(26)11-10-16-20(21)22-17-5-3-4-12-24(16)17/h3-5,10-12,14-15H,6-9,13H2,1-2H3/b11-10+. The van der Waals surface area contributed by atoms with Gasteiger partial charge in [-0.25, -0.2) is 9.78 Å². The number of likely N-dealkylation sites (N-methyl/N-ethyl adjacent to an activating group) is 1. The van der Waals surface area contributed by atoms with Gasteiger partial charge in [0.05, 0.1) is 5.69 Å². The lowest BCUT2D eigenvalue weighted by atomic mass is 9.87. The first-order valence-corrected chi connectivity index (χ1v) is 9.56. The van der Waals surface area contributed by atoms with Crippen LogP contribution in [0, 0.1) is 5.92 Å². The van der Waals surface area contributed by atoms with Crippen LogP contribution in [0.4, 0.5) is 0 Å². The molecule has 1 amide bonds. The van der Waals surface area contributed by atoms with Crippen molar-refractivity contribution in [2.45, 2.75) is 38.6 Å². The number of ether oxygens (including phenoxy) is 1. The Kier molecular flexibility index (Phi) is 6.16. The molecule has 6 nitrogen and oxygen atoms in total. The van der Waals surface area contributed by atoms with E-state index in [9.17, 15) is 9.59 Å². The van der Waals surface area contributed by atoms with Crippen molar-refractivity contribution in [1.82, 2.24) is 14.3 Å². The van der Waals surface area contributed by atoms with Crippen molar-refractivity contribution in [3.8, 4) is 0 Å². The zero-order valence-electron chi connectivity index (χ0n) is 15.6. The molecule has 0 aromatic carbocycles. The Labute approximate surface area is 163 Å². The summed E-state index contributed by atoms with van der Waals surface area (Å²) < 4.78 is 6.87. The summed E-state index contributed by atoms with van der Waals surface area (Å²) in [5.41, 5.74) is 1.28. The van der Waals surface area contributed by atoms with Gasteiger partial charge in [0, 0.05) is 25.4 Å². The van der Waals surface area contributed by atoms with Crippen molar-refractivity contribution in [3.63, 3.8) is 0 Å². The molecule has 1 aliphatic rings. The number of rotatable bonds is 5. The third kappa shape index (κ3) is 4.69. The lowest BCUT2D eigenvalue weighted by molar-refractivity contribution is -0.148. The van der Waals surface area contributed by atoms with Gasteiger partial charge in [-0.2, -0.15) is 0 Å². The lowest BCUT2D eigenvalue weighted by Gasteiger charge is -2.33. The number of esters is 1. The largest absolute Gasteiger partial charge is 0.452 e. The van der Waals surface area contributed by atoms with Crippen LogP contribution in [0.15, 0.2) is 30.5 Å². The molecule has 1 saturated carbocycles. The van der Waals surface area contributed by atoms with Crippen LogP contribution < -0.4 is 0 Å².